The van der Waals surface area contributed by atoms with Gasteiger partial charge in [0.15, 0.2) is 6.61 Å². The summed E-state index contributed by atoms with van der Waals surface area (Å²) in [6.45, 7) is 3.95. The molecule has 0 aliphatic heterocycles. The molecule has 0 atom stereocenters. The highest BCUT2D eigenvalue weighted by atomic mass is 35.5. The molecule has 1 aromatic carbocycles. The molecular weight excluding hydrogens is 391 g/mol. The minimum Gasteiger partial charge on any atom is -0.452 e. The van der Waals surface area contributed by atoms with Crippen LogP contribution in [0.15, 0.2) is 34.8 Å². The molecular formula is C19H16ClFN2O3S. The summed E-state index contributed by atoms with van der Waals surface area (Å²) in [5, 5.41) is 8.08. The van der Waals surface area contributed by atoms with Gasteiger partial charge in [0.05, 0.1) is 9.90 Å². The van der Waals surface area contributed by atoms with Crippen LogP contribution in [0.2, 0.25) is 5.02 Å². The number of rotatable bonds is 6. The molecule has 140 valence electrons. The van der Waals surface area contributed by atoms with Gasteiger partial charge in [0.25, 0.3) is 11.8 Å². The fraction of sp³-hybridized carbons (Fsp3) is 0.211. The van der Waals surface area contributed by atoms with E-state index in [0.717, 1.165) is 17.4 Å². The van der Waals surface area contributed by atoms with Crippen molar-refractivity contribution in [2.45, 2.75) is 26.9 Å². The smallest absolute Gasteiger partial charge is 0.331 e. The Labute approximate surface area is 164 Å². The zero-order chi connectivity index (χ0) is 19.4. The average molecular weight is 407 g/mol. The minimum absolute atomic E-state index is 0.121. The summed E-state index contributed by atoms with van der Waals surface area (Å²) in [4.78, 5) is 13.9. The maximum absolute atomic E-state index is 13.7. The number of thiophene rings is 1. The summed E-state index contributed by atoms with van der Waals surface area (Å²) in [7, 11) is 0. The highest BCUT2D eigenvalue weighted by molar-refractivity contribution is 7.15. The second kappa shape index (κ2) is 8.45. The molecule has 3 aromatic rings. The van der Waals surface area contributed by atoms with E-state index in [4.69, 9.17) is 20.8 Å². The first-order chi connectivity index (χ1) is 13.0. The summed E-state index contributed by atoms with van der Waals surface area (Å²) >= 11 is 7.49. The molecule has 0 N–H and O–H groups in total. The number of carbonyl (C=O) groups excluding carboxylic acids is 1. The van der Waals surface area contributed by atoms with E-state index in [0.29, 0.717) is 5.89 Å². The maximum Gasteiger partial charge on any atom is 0.331 e. The monoisotopic (exact) mass is 406 g/mol. The Bertz CT molecular complexity index is 977. The maximum atomic E-state index is 13.7. The fourth-order valence-corrected chi connectivity index (χ4v) is 3.65. The van der Waals surface area contributed by atoms with Crippen molar-refractivity contribution < 1.29 is 18.3 Å². The summed E-state index contributed by atoms with van der Waals surface area (Å²) in [6.07, 6.45) is 3.30. The summed E-state index contributed by atoms with van der Waals surface area (Å²) in [5.74, 6) is -0.623. The van der Waals surface area contributed by atoms with E-state index in [1.54, 1.807) is 11.3 Å². The van der Waals surface area contributed by atoms with E-state index < -0.39 is 11.8 Å². The lowest BCUT2D eigenvalue weighted by molar-refractivity contribution is -0.139. The molecule has 0 amide bonds. The lowest BCUT2D eigenvalue weighted by Gasteiger charge is -2.00. The van der Waals surface area contributed by atoms with Crippen LogP contribution in [-0.4, -0.2) is 16.2 Å². The third-order valence-electron chi connectivity index (χ3n) is 3.74. The predicted molar refractivity (Wildman–Crippen MR) is 102 cm³/mol. The zero-order valence-electron chi connectivity index (χ0n) is 14.7. The van der Waals surface area contributed by atoms with Gasteiger partial charge in [-0.2, -0.15) is 0 Å². The molecule has 8 heteroatoms. The first-order valence-corrected chi connectivity index (χ1v) is 9.38. The highest BCUT2D eigenvalue weighted by Gasteiger charge is 2.14. The van der Waals surface area contributed by atoms with Crippen LogP contribution in [0.3, 0.4) is 0 Å². The Morgan fingerprint density at radius 3 is 2.93 bits per heavy atom. The van der Waals surface area contributed by atoms with Crippen molar-refractivity contribution in [3.05, 3.63) is 63.1 Å². The van der Waals surface area contributed by atoms with Crippen LogP contribution >= 0.6 is 22.9 Å². The second-order valence-electron chi connectivity index (χ2n) is 5.65. The van der Waals surface area contributed by atoms with Crippen molar-refractivity contribution >= 4 is 35.0 Å². The van der Waals surface area contributed by atoms with Gasteiger partial charge in [-0.1, -0.05) is 24.6 Å². The number of benzene rings is 1. The molecule has 3 rings (SSSR count). The molecule has 0 fully saturated rings. The third-order valence-corrected chi connectivity index (χ3v) is 5.44. The largest absolute Gasteiger partial charge is 0.452 e. The van der Waals surface area contributed by atoms with Crippen molar-refractivity contribution in [2.24, 2.45) is 0 Å². The summed E-state index contributed by atoms with van der Waals surface area (Å²) in [6, 6.07) is 6.27. The fourth-order valence-electron chi connectivity index (χ4n) is 2.39. The van der Waals surface area contributed by atoms with E-state index in [1.807, 2.05) is 13.0 Å². The molecule has 2 heterocycles. The van der Waals surface area contributed by atoms with Gasteiger partial charge in [-0.25, -0.2) is 9.18 Å². The number of aromatic nitrogens is 2. The van der Waals surface area contributed by atoms with Crippen LogP contribution < -0.4 is 0 Å². The van der Waals surface area contributed by atoms with Gasteiger partial charge in [0, 0.05) is 16.5 Å². The van der Waals surface area contributed by atoms with Crippen LogP contribution in [0, 0.1) is 12.7 Å². The number of nitrogens with zero attached hydrogens (tertiary/aromatic N) is 2. The third kappa shape index (κ3) is 4.61. The van der Waals surface area contributed by atoms with E-state index in [1.165, 1.54) is 34.7 Å². The Morgan fingerprint density at radius 2 is 2.22 bits per heavy atom. The predicted octanol–water partition coefficient (Wildman–Crippen LogP) is 5.22. The molecule has 0 saturated carbocycles. The van der Waals surface area contributed by atoms with E-state index in [9.17, 15) is 9.18 Å². The van der Waals surface area contributed by atoms with Gasteiger partial charge in [0.2, 0.25) is 0 Å². The van der Waals surface area contributed by atoms with Crippen LogP contribution in [0.25, 0.3) is 16.8 Å². The van der Waals surface area contributed by atoms with Gasteiger partial charge in [-0.05, 0) is 43.2 Å². The zero-order valence-corrected chi connectivity index (χ0v) is 16.2. The Balaban J connectivity index is 1.61. The molecule has 2 aromatic heterocycles. The van der Waals surface area contributed by atoms with Crippen molar-refractivity contribution in [3.63, 3.8) is 0 Å². The van der Waals surface area contributed by atoms with Crippen LogP contribution in [0.1, 0.15) is 28.8 Å². The molecule has 0 saturated heterocycles. The van der Waals surface area contributed by atoms with Crippen LogP contribution in [-0.2, 0) is 22.6 Å². The lowest BCUT2D eigenvalue weighted by Crippen LogP contribution is -2.01. The molecule has 5 nitrogen and oxygen atoms in total. The Morgan fingerprint density at radius 1 is 1.41 bits per heavy atom. The molecule has 0 unspecified atom stereocenters. The second-order valence-corrected chi connectivity index (χ2v) is 7.19. The number of ether oxygens (including phenoxy) is 1. The van der Waals surface area contributed by atoms with Crippen molar-refractivity contribution in [3.8, 4) is 10.8 Å². The molecule has 0 aliphatic carbocycles. The van der Waals surface area contributed by atoms with Gasteiger partial charge in [0.1, 0.15) is 5.82 Å². The van der Waals surface area contributed by atoms with Crippen LogP contribution in [0.4, 0.5) is 4.39 Å². The number of hydrogen-bond acceptors (Lipinski definition) is 6. The highest BCUT2D eigenvalue weighted by Crippen LogP contribution is 2.30. The van der Waals surface area contributed by atoms with Gasteiger partial charge in [-0.15, -0.1) is 21.5 Å². The van der Waals surface area contributed by atoms with Crippen molar-refractivity contribution in [2.75, 3.05) is 0 Å². The number of esters is 1. The summed E-state index contributed by atoms with van der Waals surface area (Å²) in [5.41, 5.74) is 1.30. The van der Waals surface area contributed by atoms with Gasteiger partial charge in [-0.3, -0.25) is 0 Å². The first kappa shape index (κ1) is 19.3. The molecule has 0 radical (unpaired) electrons. The van der Waals surface area contributed by atoms with Crippen LogP contribution in [0.5, 0.6) is 0 Å². The standard InChI is InChI=1S/C19H16ClFN2O3S/c1-3-15-11(2)9-16(27-15)19-23-22-17(26-19)10-25-18(24)8-7-12-13(20)5-4-6-14(12)21/h4-9H,3,10H2,1-2H3/b8-7+. The van der Waals surface area contributed by atoms with E-state index in [2.05, 4.69) is 17.1 Å². The van der Waals surface area contributed by atoms with E-state index in [-0.39, 0.29) is 23.1 Å². The molecule has 0 aliphatic rings. The minimum atomic E-state index is -0.672. The normalized spacial score (nSPS) is 11.3. The van der Waals surface area contributed by atoms with Gasteiger partial charge >= 0.3 is 5.97 Å². The SMILES string of the molecule is CCc1sc(-c2nnc(COC(=O)/C=C/c3c(F)cccc3Cl)o2)cc1C. The number of hydrogen-bond donors (Lipinski definition) is 0. The van der Waals surface area contributed by atoms with Gasteiger partial charge < -0.3 is 9.15 Å². The Kier molecular flexibility index (Phi) is 6.03. The van der Waals surface area contributed by atoms with E-state index >= 15 is 0 Å². The molecule has 0 spiro atoms. The summed E-state index contributed by atoms with van der Waals surface area (Å²) < 4.78 is 24.2. The first-order valence-electron chi connectivity index (χ1n) is 8.18. The quantitative estimate of drug-likeness (QED) is 0.415. The molecule has 0 bridgehead atoms. The number of aryl methyl sites for hydroxylation is 2. The topological polar surface area (TPSA) is 65.2 Å². The number of carbonyl (C=O) groups is 1. The lowest BCUT2D eigenvalue weighted by atomic mass is 10.2. The Hall–Kier alpha value is -2.51. The van der Waals surface area contributed by atoms with Crippen molar-refractivity contribution in [1.29, 1.82) is 0 Å². The van der Waals surface area contributed by atoms with Crippen molar-refractivity contribution in [1.82, 2.24) is 10.2 Å². The molecule has 27 heavy (non-hydrogen) atoms. The number of halogens is 2. The average Bonchev–Trinajstić information content (AvgIpc) is 3.25.